The molecule has 9 aliphatic rings. The third-order valence-corrected chi connectivity index (χ3v) is 20.1. The number of benzene rings is 8. The fourth-order valence-corrected chi connectivity index (χ4v) is 16.6. The van der Waals surface area contributed by atoms with Crippen molar-refractivity contribution in [2.45, 2.75) is 135 Å². The van der Waals surface area contributed by atoms with E-state index in [1.54, 1.807) is 0 Å². The number of hydrogen-bond donors (Lipinski definition) is 1. The molecule has 0 aromatic heterocycles. The highest BCUT2D eigenvalue weighted by Crippen LogP contribution is 2.49. The number of aryl methyl sites for hydroxylation is 3. The Bertz CT molecular complexity index is 3860. The van der Waals surface area contributed by atoms with E-state index in [2.05, 4.69) is 152 Å². The van der Waals surface area contributed by atoms with Crippen LogP contribution < -0.4 is 78.3 Å². The van der Waals surface area contributed by atoms with E-state index in [1.165, 1.54) is 190 Å². The molecule has 0 atom stereocenters. The minimum atomic E-state index is -0.149. The molecule has 78 heavy (non-hydrogen) atoms. The van der Waals surface area contributed by atoms with Crippen LogP contribution in [0.4, 0.5) is 28.4 Å². The maximum Gasteiger partial charge on any atom is 0.260 e. The summed E-state index contributed by atoms with van der Waals surface area (Å²) in [6.07, 6.45) is 18.9. The molecule has 6 nitrogen and oxygen atoms in total. The zero-order chi connectivity index (χ0) is 51.5. The van der Waals surface area contributed by atoms with Crippen LogP contribution in [-0.4, -0.2) is 20.1 Å². The van der Waals surface area contributed by atoms with Gasteiger partial charge in [0, 0.05) is 40.3 Å². The smallest absolute Gasteiger partial charge is 0.260 e. The summed E-state index contributed by atoms with van der Waals surface area (Å²) in [7, 11) is 0. The highest BCUT2D eigenvalue weighted by molar-refractivity contribution is 7.03. The molecule has 8 aromatic carbocycles. The SMILES string of the molecule is Cc1cc(C)c(N2c3cc4c(cc3B3c5ccccc5Oc5cc(C6CCCCC6)cc2c53)B2c3cc5c(cc3Oc3cc(C6CCCCC6)cc(c32)O4)Nc2cc(C3CCCCC3)cc3c2B5c2ccccc2O3)c(C)c1. The maximum atomic E-state index is 7.56. The first kappa shape index (κ1) is 45.7. The lowest BCUT2D eigenvalue weighted by Gasteiger charge is -2.43. The minimum absolute atomic E-state index is 0.0130. The van der Waals surface area contributed by atoms with Gasteiger partial charge < -0.3 is 29.2 Å². The minimum Gasteiger partial charge on any atom is -0.458 e. The Morgan fingerprint density at radius 1 is 0.372 bits per heavy atom. The van der Waals surface area contributed by atoms with Gasteiger partial charge in [-0.2, -0.15) is 0 Å². The summed E-state index contributed by atoms with van der Waals surface area (Å²) in [5.41, 5.74) is 24.7. The van der Waals surface area contributed by atoms with Gasteiger partial charge in [-0.1, -0.05) is 124 Å². The number of hydrogen-bond acceptors (Lipinski definition) is 6. The average molecular weight is 1020 g/mol. The fraction of sp³-hybridized carbons (Fsp3) is 0.304. The molecule has 0 saturated heterocycles. The van der Waals surface area contributed by atoms with E-state index in [1.807, 2.05) is 0 Å². The molecule has 3 fully saturated rings. The highest BCUT2D eigenvalue weighted by atomic mass is 16.5. The molecule has 8 aromatic rings. The normalized spacial score (nSPS) is 18.2. The quantitative estimate of drug-likeness (QED) is 0.177. The van der Waals surface area contributed by atoms with Crippen molar-refractivity contribution < 1.29 is 18.9 Å². The summed E-state index contributed by atoms with van der Waals surface area (Å²) in [6.45, 7) is 6.60. The van der Waals surface area contributed by atoms with Crippen molar-refractivity contribution in [1.82, 2.24) is 0 Å². The summed E-state index contributed by atoms with van der Waals surface area (Å²) in [5.74, 6) is 9.07. The second kappa shape index (κ2) is 17.4. The number of ether oxygens (including phenoxy) is 4. The molecule has 382 valence electrons. The summed E-state index contributed by atoms with van der Waals surface area (Å²) < 4.78 is 29.1. The van der Waals surface area contributed by atoms with Gasteiger partial charge in [0.15, 0.2) is 0 Å². The molecule has 0 unspecified atom stereocenters. The van der Waals surface area contributed by atoms with Crippen LogP contribution >= 0.6 is 0 Å². The second-order valence-electron chi connectivity index (χ2n) is 24.8. The third-order valence-electron chi connectivity index (χ3n) is 20.1. The van der Waals surface area contributed by atoms with Crippen LogP contribution in [0.15, 0.2) is 121 Å². The van der Waals surface area contributed by atoms with Gasteiger partial charge in [-0.3, -0.25) is 0 Å². The van der Waals surface area contributed by atoms with Gasteiger partial charge in [0.25, 0.3) is 20.1 Å². The van der Waals surface area contributed by atoms with Crippen LogP contribution in [0.3, 0.4) is 0 Å². The number of fused-ring (bicyclic) bond motifs is 12. The molecular formula is C69H63B3N2O4. The van der Waals surface area contributed by atoms with Crippen LogP contribution in [0.25, 0.3) is 0 Å². The van der Waals surface area contributed by atoms with Crippen molar-refractivity contribution >= 4 is 97.7 Å². The van der Waals surface area contributed by atoms with E-state index in [0.717, 1.165) is 62.8 Å². The van der Waals surface area contributed by atoms with E-state index >= 15 is 0 Å². The maximum absolute atomic E-state index is 7.56. The first-order valence-corrected chi connectivity index (χ1v) is 29.8. The highest BCUT2D eigenvalue weighted by Gasteiger charge is 2.49. The molecule has 9 heteroatoms. The van der Waals surface area contributed by atoms with Gasteiger partial charge >= 0.3 is 0 Å². The van der Waals surface area contributed by atoms with Crippen molar-refractivity contribution in [3.63, 3.8) is 0 Å². The van der Waals surface area contributed by atoms with Crippen molar-refractivity contribution in [1.29, 1.82) is 0 Å². The number of rotatable bonds is 4. The number of nitrogens with zero attached hydrogens (tertiary/aromatic N) is 1. The predicted molar refractivity (Wildman–Crippen MR) is 323 cm³/mol. The van der Waals surface area contributed by atoms with Gasteiger partial charge in [-0.15, -0.1) is 0 Å². The summed E-state index contributed by atoms with van der Waals surface area (Å²) in [5, 5.41) is 4.04. The Kier molecular flexibility index (Phi) is 10.2. The Labute approximate surface area is 460 Å². The lowest BCUT2D eigenvalue weighted by atomic mass is 9.30. The van der Waals surface area contributed by atoms with Crippen molar-refractivity contribution in [3.05, 3.63) is 155 Å². The molecule has 17 rings (SSSR count). The molecular weight excluding hydrogens is 953 g/mol. The Morgan fingerprint density at radius 2 is 0.833 bits per heavy atom. The molecule has 3 saturated carbocycles. The first-order valence-electron chi connectivity index (χ1n) is 29.8. The van der Waals surface area contributed by atoms with Crippen molar-refractivity contribution in [3.8, 4) is 46.0 Å². The topological polar surface area (TPSA) is 52.2 Å². The van der Waals surface area contributed by atoms with Crippen LogP contribution in [-0.2, 0) is 0 Å². The molecule has 0 bridgehead atoms. The monoisotopic (exact) mass is 1020 g/mol. The van der Waals surface area contributed by atoms with E-state index in [9.17, 15) is 0 Å². The number of nitrogens with one attached hydrogen (secondary N) is 1. The van der Waals surface area contributed by atoms with Gasteiger partial charge in [-0.25, -0.2) is 0 Å². The van der Waals surface area contributed by atoms with E-state index in [-0.39, 0.29) is 20.1 Å². The van der Waals surface area contributed by atoms with Crippen molar-refractivity contribution in [2.24, 2.45) is 0 Å². The Balaban J connectivity index is 0.904. The standard InChI is InChI=1S/C69H63B3N2O4/c1-39-27-40(2)69(41(3)28-39)74-56-38-61-53(36-51(56)71-49-24-14-16-26-59(49)76-63-32-46(30-57(74)67(63)71)43-19-9-5-10-20-43)72-52-35-50-54(37-60(52)77-64-33-47(34-65(78-61)68(64)72)44-21-11-6-12-22-44)73-55-29-45(42-17-7-4-8-18-42)31-62-66(55)70(50)48-23-13-15-25-58(48)75-62/h13-16,23-38,42-44,73H,4-12,17-22H2,1-3H3. The van der Waals surface area contributed by atoms with Crippen LogP contribution in [0, 0.1) is 20.8 Å². The molecule has 0 spiro atoms. The largest absolute Gasteiger partial charge is 0.458 e. The van der Waals surface area contributed by atoms with Gasteiger partial charge in [0.05, 0.1) is 5.69 Å². The average Bonchev–Trinajstić information content (AvgIpc) is 2.84. The lowest BCUT2D eigenvalue weighted by molar-refractivity contribution is 0.433. The van der Waals surface area contributed by atoms with Gasteiger partial charge in [0.1, 0.15) is 46.0 Å². The zero-order valence-corrected chi connectivity index (χ0v) is 45.2. The Morgan fingerprint density at radius 3 is 1.42 bits per heavy atom. The number of anilines is 5. The summed E-state index contributed by atoms with van der Waals surface area (Å²) >= 11 is 0. The Hall–Kier alpha value is -7.25. The molecule has 1 N–H and O–H groups in total. The van der Waals surface area contributed by atoms with Crippen LogP contribution in [0.1, 0.15) is 147 Å². The van der Waals surface area contributed by atoms with Crippen molar-refractivity contribution in [2.75, 3.05) is 10.2 Å². The molecule has 0 amide bonds. The molecule has 0 radical (unpaired) electrons. The fourth-order valence-electron chi connectivity index (χ4n) is 16.6. The van der Waals surface area contributed by atoms with E-state index in [4.69, 9.17) is 18.9 Å². The predicted octanol–water partition coefficient (Wildman–Crippen LogP) is 12.6. The van der Waals surface area contributed by atoms with E-state index in [0.29, 0.717) is 17.8 Å². The van der Waals surface area contributed by atoms with Crippen LogP contribution in [0.2, 0.25) is 0 Å². The molecule has 6 heterocycles. The lowest BCUT2D eigenvalue weighted by Crippen LogP contribution is -2.64. The second-order valence-corrected chi connectivity index (χ2v) is 24.8. The number of para-hydroxylation sites is 2. The van der Waals surface area contributed by atoms with Crippen LogP contribution in [0.5, 0.6) is 46.0 Å². The first-order chi connectivity index (χ1) is 38.4. The summed E-state index contributed by atoms with van der Waals surface area (Å²) in [4.78, 5) is 2.61. The molecule has 6 aliphatic heterocycles. The van der Waals surface area contributed by atoms with Gasteiger partial charge in [-0.05, 0) is 197 Å². The third kappa shape index (κ3) is 6.84. The zero-order valence-electron chi connectivity index (χ0n) is 45.2. The summed E-state index contributed by atoms with van der Waals surface area (Å²) in [6, 6.07) is 46.7. The molecule has 3 aliphatic carbocycles. The van der Waals surface area contributed by atoms with Gasteiger partial charge in [0.2, 0.25) is 0 Å². The van der Waals surface area contributed by atoms with E-state index < -0.39 is 0 Å².